The molecule has 2 aromatic rings. The minimum atomic E-state index is -0.514. The van der Waals surface area contributed by atoms with Crippen molar-refractivity contribution < 1.29 is 19.1 Å². The molecule has 1 unspecified atom stereocenters. The lowest BCUT2D eigenvalue weighted by atomic mass is 10.0. The molecule has 5 nitrogen and oxygen atoms in total. The molecule has 0 aromatic heterocycles. The number of methoxy groups -OCH3 is 1. The number of amides is 1. The van der Waals surface area contributed by atoms with Crippen LogP contribution in [0.2, 0.25) is 0 Å². The molecule has 0 aliphatic carbocycles. The predicted molar refractivity (Wildman–Crippen MR) is 100 cm³/mol. The van der Waals surface area contributed by atoms with Crippen molar-refractivity contribution in [3.05, 3.63) is 65.2 Å². The van der Waals surface area contributed by atoms with E-state index in [0.29, 0.717) is 17.2 Å². The van der Waals surface area contributed by atoms with Crippen LogP contribution in [0.15, 0.2) is 48.5 Å². The van der Waals surface area contributed by atoms with E-state index >= 15 is 0 Å². The molecule has 1 amide bonds. The van der Waals surface area contributed by atoms with Crippen molar-refractivity contribution in [2.24, 2.45) is 0 Å². The second-order valence-corrected chi connectivity index (χ2v) is 6.38. The predicted octanol–water partition coefficient (Wildman–Crippen LogP) is 3.85. The second-order valence-electron chi connectivity index (χ2n) is 6.38. The number of carbonyl (C=O) groups is 2. The summed E-state index contributed by atoms with van der Waals surface area (Å²) in [5, 5.41) is 2.81. The zero-order valence-electron chi connectivity index (χ0n) is 15.6. The van der Waals surface area contributed by atoms with Crippen molar-refractivity contribution in [2.75, 3.05) is 13.7 Å². The molecule has 2 aromatic carbocycles. The highest BCUT2D eigenvalue weighted by Crippen LogP contribution is 2.24. The van der Waals surface area contributed by atoms with E-state index < -0.39 is 5.97 Å². The Bertz CT molecular complexity index is 753. The third-order valence-corrected chi connectivity index (χ3v) is 4.13. The third kappa shape index (κ3) is 5.09. The van der Waals surface area contributed by atoms with Crippen LogP contribution in [0.1, 0.15) is 54.2 Å². The Hall–Kier alpha value is -2.82. The van der Waals surface area contributed by atoms with Gasteiger partial charge in [-0.05, 0) is 36.6 Å². The topological polar surface area (TPSA) is 64.6 Å². The van der Waals surface area contributed by atoms with Gasteiger partial charge in [-0.2, -0.15) is 0 Å². The van der Waals surface area contributed by atoms with Gasteiger partial charge in [-0.15, -0.1) is 0 Å². The van der Waals surface area contributed by atoms with Crippen LogP contribution in [0.5, 0.6) is 5.75 Å². The molecule has 0 saturated carbocycles. The molecule has 2 rings (SSSR count). The Morgan fingerprint density at radius 2 is 1.65 bits per heavy atom. The van der Waals surface area contributed by atoms with Gasteiger partial charge in [-0.1, -0.05) is 44.2 Å². The first-order valence-electron chi connectivity index (χ1n) is 8.61. The van der Waals surface area contributed by atoms with Gasteiger partial charge in [-0.25, -0.2) is 4.79 Å². The van der Waals surface area contributed by atoms with Crippen molar-refractivity contribution in [3.63, 3.8) is 0 Å². The first-order chi connectivity index (χ1) is 12.4. The Morgan fingerprint density at radius 1 is 1.00 bits per heavy atom. The summed E-state index contributed by atoms with van der Waals surface area (Å²) in [6.45, 7) is 5.69. The summed E-state index contributed by atoms with van der Waals surface area (Å²) in [6.07, 6.45) is 0. The fraction of sp³-hybridized carbons (Fsp3) is 0.333. The first kappa shape index (κ1) is 19.5. The second kappa shape index (κ2) is 9.04. The molecule has 0 heterocycles. The number of benzene rings is 2. The minimum absolute atomic E-state index is 0.261. The quantitative estimate of drug-likeness (QED) is 0.766. The maximum absolute atomic E-state index is 12.1. The van der Waals surface area contributed by atoms with Gasteiger partial charge in [0, 0.05) is 5.56 Å². The average Bonchev–Trinajstić information content (AvgIpc) is 2.66. The van der Waals surface area contributed by atoms with Crippen LogP contribution < -0.4 is 10.1 Å². The molecule has 0 aliphatic heterocycles. The summed E-state index contributed by atoms with van der Waals surface area (Å²) in [5.74, 6) is 0.209. The maximum Gasteiger partial charge on any atom is 0.338 e. The van der Waals surface area contributed by atoms with Crippen LogP contribution in [0.3, 0.4) is 0 Å². The standard InChI is InChI=1S/C21H25NO4/c1-14(2)16-9-11-17(12-10-16)21(24)26-13-20(23)22-15(3)18-7-5-6-8-19(18)25-4/h5-12,14-15H,13H2,1-4H3,(H,22,23). The highest BCUT2D eigenvalue weighted by molar-refractivity contribution is 5.91. The van der Waals surface area contributed by atoms with E-state index in [0.717, 1.165) is 11.1 Å². The van der Waals surface area contributed by atoms with E-state index in [1.54, 1.807) is 19.2 Å². The van der Waals surface area contributed by atoms with Crippen LogP contribution in [-0.2, 0) is 9.53 Å². The van der Waals surface area contributed by atoms with E-state index in [4.69, 9.17) is 9.47 Å². The van der Waals surface area contributed by atoms with Crippen LogP contribution in [-0.4, -0.2) is 25.6 Å². The lowest BCUT2D eigenvalue weighted by molar-refractivity contribution is -0.124. The largest absolute Gasteiger partial charge is 0.496 e. The molecule has 0 saturated heterocycles. The van der Waals surface area contributed by atoms with E-state index in [1.807, 2.05) is 43.3 Å². The number of rotatable bonds is 7. The summed E-state index contributed by atoms with van der Waals surface area (Å²) < 4.78 is 10.4. The van der Waals surface area contributed by atoms with E-state index in [-0.39, 0.29) is 18.6 Å². The molecule has 0 spiro atoms. The molecule has 1 atom stereocenters. The van der Waals surface area contributed by atoms with Gasteiger partial charge in [0.05, 0.1) is 18.7 Å². The molecule has 0 fully saturated rings. The molecule has 0 radical (unpaired) electrons. The number of ether oxygens (including phenoxy) is 2. The molecule has 0 aliphatic rings. The van der Waals surface area contributed by atoms with E-state index in [2.05, 4.69) is 19.2 Å². The Labute approximate surface area is 154 Å². The summed E-state index contributed by atoms with van der Waals surface area (Å²) in [7, 11) is 1.58. The zero-order valence-corrected chi connectivity index (χ0v) is 15.6. The molecule has 26 heavy (non-hydrogen) atoms. The van der Waals surface area contributed by atoms with E-state index in [9.17, 15) is 9.59 Å². The third-order valence-electron chi connectivity index (χ3n) is 4.13. The maximum atomic E-state index is 12.1. The molecular formula is C21H25NO4. The molecule has 138 valence electrons. The number of esters is 1. The fourth-order valence-electron chi connectivity index (χ4n) is 2.60. The minimum Gasteiger partial charge on any atom is -0.496 e. The number of hydrogen-bond donors (Lipinski definition) is 1. The average molecular weight is 355 g/mol. The zero-order chi connectivity index (χ0) is 19.1. The summed E-state index contributed by atoms with van der Waals surface area (Å²) >= 11 is 0. The molecule has 1 N–H and O–H groups in total. The lowest BCUT2D eigenvalue weighted by Gasteiger charge is -2.17. The van der Waals surface area contributed by atoms with Gasteiger partial charge in [0.1, 0.15) is 5.75 Å². The summed E-state index contributed by atoms with van der Waals surface area (Å²) in [4.78, 5) is 24.1. The first-order valence-corrected chi connectivity index (χ1v) is 8.61. The van der Waals surface area contributed by atoms with Crippen molar-refractivity contribution in [2.45, 2.75) is 32.7 Å². The monoisotopic (exact) mass is 355 g/mol. The molecule has 5 heteroatoms. The number of para-hydroxylation sites is 1. The number of hydrogen-bond acceptors (Lipinski definition) is 4. The van der Waals surface area contributed by atoms with Crippen molar-refractivity contribution in [3.8, 4) is 5.75 Å². The fourth-order valence-corrected chi connectivity index (χ4v) is 2.60. The number of carbonyl (C=O) groups excluding carboxylic acids is 2. The van der Waals surface area contributed by atoms with Gasteiger partial charge in [0.2, 0.25) is 0 Å². The van der Waals surface area contributed by atoms with Crippen LogP contribution in [0.25, 0.3) is 0 Å². The van der Waals surface area contributed by atoms with Gasteiger partial charge in [0.25, 0.3) is 5.91 Å². The van der Waals surface area contributed by atoms with Crippen molar-refractivity contribution >= 4 is 11.9 Å². The van der Waals surface area contributed by atoms with Gasteiger partial charge >= 0.3 is 5.97 Å². The SMILES string of the molecule is COc1ccccc1C(C)NC(=O)COC(=O)c1ccc(C(C)C)cc1. The van der Waals surface area contributed by atoms with Gasteiger partial charge in [0.15, 0.2) is 6.61 Å². The number of nitrogens with one attached hydrogen (secondary N) is 1. The van der Waals surface area contributed by atoms with Crippen molar-refractivity contribution in [1.29, 1.82) is 0 Å². The van der Waals surface area contributed by atoms with Gasteiger partial charge in [-0.3, -0.25) is 4.79 Å². The highest BCUT2D eigenvalue weighted by atomic mass is 16.5. The molecular weight excluding hydrogens is 330 g/mol. The molecule has 0 bridgehead atoms. The Kier molecular flexibility index (Phi) is 6.78. The van der Waals surface area contributed by atoms with Crippen LogP contribution >= 0.6 is 0 Å². The van der Waals surface area contributed by atoms with Crippen LogP contribution in [0.4, 0.5) is 0 Å². The van der Waals surface area contributed by atoms with Crippen LogP contribution in [0, 0.1) is 0 Å². The Balaban J connectivity index is 1.88. The van der Waals surface area contributed by atoms with Crippen molar-refractivity contribution in [1.82, 2.24) is 5.32 Å². The van der Waals surface area contributed by atoms with Gasteiger partial charge < -0.3 is 14.8 Å². The Morgan fingerprint density at radius 3 is 2.27 bits per heavy atom. The summed E-state index contributed by atoms with van der Waals surface area (Å²) in [6, 6.07) is 14.4. The summed E-state index contributed by atoms with van der Waals surface area (Å²) in [5.41, 5.74) is 2.43. The highest BCUT2D eigenvalue weighted by Gasteiger charge is 2.15. The van der Waals surface area contributed by atoms with E-state index in [1.165, 1.54) is 0 Å². The lowest BCUT2D eigenvalue weighted by Crippen LogP contribution is -2.31. The normalized spacial score (nSPS) is 11.7. The smallest absolute Gasteiger partial charge is 0.338 e.